The Hall–Kier alpha value is -1.85. The third-order valence-corrected chi connectivity index (χ3v) is 1.42. The molecule has 6 nitrogen and oxygen atoms in total. The highest BCUT2D eigenvalue weighted by Gasteiger charge is 2.03. The number of ether oxygens (including phenoxy) is 1. The lowest BCUT2D eigenvalue weighted by molar-refractivity contribution is -0.141. The molecule has 0 saturated carbocycles. The summed E-state index contributed by atoms with van der Waals surface area (Å²) in [5.74, 6) is -0.375. The van der Waals surface area contributed by atoms with Crippen LogP contribution in [-0.4, -0.2) is 22.6 Å². The smallest absolute Gasteiger partial charge is 0.350 e. The highest BCUT2D eigenvalue weighted by molar-refractivity contribution is 5.68. The average Bonchev–Trinajstić information content (AvgIpc) is 2.09. The number of rotatable bonds is 2. The molecule has 0 spiro atoms. The Balaban J connectivity index is 2.90. The first kappa shape index (κ1) is 9.24. The first-order chi connectivity index (χ1) is 6.13. The zero-order valence-electron chi connectivity index (χ0n) is 7.06. The molecule has 2 N–H and O–H groups in total. The Morgan fingerprint density at radius 2 is 2.46 bits per heavy atom. The molecule has 13 heavy (non-hydrogen) atoms. The summed E-state index contributed by atoms with van der Waals surface area (Å²) in [6.07, 6.45) is 1.39. The number of anilines is 1. The highest BCUT2D eigenvalue weighted by Crippen LogP contribution is 1.89. The molecule has 0 fully saturated rings. The predicted octanol–water partition coefficient (Wildman–Crippen LogP) is -1.00. The average molecular weight is 183 g/mol. The molecule has 0 aliphatic rings. The van der Waals surface area contributed by atoms with Crippen molar-refractivity contribution in [2.45, 2.75) is 6.54 Å². The van der Waals surface area contributed by atoms with Gasteiger partial charge in [-0.15, -0.1) is 0 Å². The summed E-state index contributed by atoms with van der Waals surface area (Å²) >= 11 is 0. The van der Waals surface area contributed by atoms with E-state index in [-0.39, 0.29) is 12.4 Å². The molecule has 1 aromatic heterocycles. The first-order valence-corrected chi connectivity index (χ1v) is 3.53. The summed E-state index contributed by atoms with van der Waals surface area (Å²) in [4.78, 5) is 25.3. The van der Waals surface area contributed by atoms with Gasteiger partial charge in [0, 0.05) is 6.20 Å². The van der Waals surface area contributed by atoms with Crippen molar-refractivity contribution in [3.8, 4) is 0 Å². The number of nitrogens with two attached hydrogens (primary N) is 1. The monoisotopic (exact) mass is 183 g/mol. The fourth-order valence-corrected chi connectivity index (χ4v) is 0.766. The molecule has 0 aromatic carbocycles. The van der Waals surface area contributed by atoms with Gasteiger partial charge in [0.2, 0.25) is 0 Å². The number of aromatic nitrogens is 2. The Labute approximate surface area is 74.0 Å². The van der Waals surface area contributed by atoms with Crippen LogP contribution in [0.15, 0.2) is 17.1 Å². The van der Waals surface area contributed by atoms with Crippen molar-refractivity contribution >= 4 is 11.8 Å². The van der Waals surface area contributed by atoms with Gasteiger partial charge in [-0.25, -0.2) is 4.79 Å². The van der Waals surface area contributed by atoms with Gasteiger partial charge in [-0.05, 0) is 6.07 Å². The molecule has 0 unspecified atom stereocenters. The summed E-state index contributed by atoms with van der Waals surface area (Å²) in [6, 6.07) is 1.43. The van der Waals surface area contributed by atoms with E-state index in [9.17, 15) is 9.59 Å². The number of nitrogens with zero attached hydrogens (tertiary/aromatic N) is 2. The van der Waals surface area contributed by atoms with Crippen LogP contribution in [0.25, 0.3) is 0 Å². The summed E-state index contributed by atoms with van der Waals surface area (Å²) in [5.41, 5.74) is 4.69. The number of hydrogen-bond acceptors (Lipinski definition) is 5. The van der Waals surface area contributed by atoms with E-state index in [0.29, 0.717) is 0 Å². The lowest BCUT2D eigenvalue weighted by Crippen LogP contribution is -2.26. The van der Waals surface area contributed by atoms with E-state index in [2.05, 4.69) is 9.72 Å². The number of carbonyl (C=O) groups excluding carboxylic acids is 1. The second kappa shape index (κ2) is 3.70. The van der Waals surface area contributed by atoms with Crippen molar-refractivity contribution in [2.24, 2.45) is 0 Å². The molecule has 1 heterocycles. The molecule has 0 aliphatic heterocycles. The minimum Gasteiger partial charge on any atom is -0.468 e. The molecule has 70 valence electrons. The van der Waals surface area contributed by atoms with E-state index in [0.717, 1.165) is 4.57 Å². The van der Waals surface area contributed by atoms with Crippen LogP contribution >= 0.6 is 0 Å². The number of hydrogen-bond donors (Lipinski definition) is 1. The molecular formula is C7H9N3O3. The normalized spacial score (nSPS) is 9.62. The quantitative estimate of drug-likeness (QED) is 0.594. The van der Waals surface area contributed by atoms with Gasteiger partial charge in [0.25, 0.3) is 0 Å². The summed E-state index contributed by atoms with van der Waals surface area (Å²) in [5, 5.41) is 0. The Kier molecular flexibility index (Phi) is 2.63. The third-order valence-electron chi connectivity index (χ3n) is 1.42. The molecular weight excluding hydrogens is 174 g/mol. The molecule has 0 bridgehead atoms. The Morgan fingerprint density at radius 3 is 3.00 bits per heavy atom. The van der Waals surface area contributed by atoms with Gasteiger partial charge in [0.15, 0.2) is 0 Å². The van der Waals surface area contributed by atoms with E-state index >= 15 is 0 Å². The van der Waals surface area contributed by atoms with Gasteiger partial charge in [0.05, 0.1) is 7.11 Å². The van der Waals surface area contributed by atoms with Gasteiger partial charge >= 0.3 is 11.7 Å². The van der Waals surface area contributed by atoms with Crippen molar-refractivity contribution in [1.29, 1.82) is 0 Å². The molecule has 6 heteroatoms. The Morgan fingerprint density at radius 1 is 1.77 bits per heavy atom. The summed E-state index contributed by atoms with van der Waals surface area (Å²) in [6.45, 7) is -0.150. The maximum absolute atomic E-state index is 11.1. The van der Waals surface area contributed by atoms with E-state index in [1.807, 2.05) is 0 Å². The van der Waals surface area contributed by atoms with E-state index in [1.54, 1.807) is 0 Å². The molecule has 1 rings (SSSR count). The van der Waals surface area contributed by atoms with Crippen molar-refractivity contribution in [3.05, 3.63) is 22.7 Å². The van der Waals surface area contributed by atoms with E-state index in [4.69, 9.17) is 5.73 Å². The molecule has 0 aliphatic carbocycles. The van der Waals surface area contributed by atoms with Crippen molar-refractivity contribution < 1.29 is 9.53 Å². The summed E-state index contributed by atoms with van der Waals surface area (Å²) < 4.78 is 5.49. The zero-order valence-corrected chi connectivity index (χ0v) is 7.06. The Bertz CT molecular complexity index is 371. The number of nitrogen functional groups attached to an aromatic ring is 1. The second-order valence-corrected chi connectivity index (χ2v) is 2.34. The number of esters is 1. The van der Waals surface area contributed by atoms with Crippen molar-refractivity contribution in [3.63, 3.8) is 0 Å². The fraction of sp³-hybridized carbons (Fsp3) is 0.286. The molecule has 0 amide bonds. The first-order valence-electron chi connectivity index (χ1n) is 3.53. The van der Waals surface area contributed by atoms with Crippen LogP contribution in [0.2, 0.25) is 0 Å². The largest absolute Gasteiger partial charge is 0.468 e. The molecule has 0 radical (unpaired) electrons. The van der Waals surface area contributed by atoms with E-state index < -0.39 is 11.7 Å². The number of methoxy groups -OCH3 is 1. The van der Waals surface area contributed by atoms with Crippen LogP contribution < -0.4 is 11.4 Å². The molecule has 1 aromatic rings. The van der Waals surface area contributed by atoms with Gasteiger partial charge in [-0.3, -0.25) is 9.36 Å². The van der Waals surface area contributed by atoms with Gasteiger partial charge < -0.3 is 10.5 Å². The fourth-order valence-electron chi connectivity index (χ4n) is 0.766. The maximum atomic E-state index is 11.1. The second-order valence-electron chi connectivity index (χ2n) is 2.34. The highest BCUT2D eigenvalue weighted by atomic mass is 16.5. The topological polar surface area (TPSA) is 87.2 Å². The van der Waals surface area contributed by atoms with Crippen LogP contribution in [0.3, 0.4) is 0 Å². The van der Waals surface area contributed by atoms with Gasteiger partial charge in [-0.2, -0.15) is 4.98 Å². The van der Waals surface area contributed by atoms with Crippen LogP contribution in [0.5, 0.6) is 0 Å². The van der Waals surface area contributed by atoms with Crippen LogP contribution in [0.4, 0.5) is 5.82 Å². The minimum atomic E-state index is -0.564. The minimum absolute atomic E-state index is 0.131. The molecule has 0 atom stereocenters. The van der Waals surface area contributed by atoms with Crippen LogP contribution in [0.1, 0.15) is 0 Å². The van der Waals surface area contributed by atoms with Crippen molar-refractivity contribution in [1.82, 2.24) is 9.55 Å². The SMILES string of the molecule is COC(=O)Cn1ccc(N)nc1=O. The number of carbonyl (C=O) groups is 1. The molecule has 0 saturated heterocycles. The van der Waals surface area contributed by atoms with Crippen LogP contribution in [0, 0.1) is 0 Å². The van der Waals surface area contributed by atoms with Gasteiger partial charge in [-0.1, -0.05) is 0 Å². The van der Waals surface area contributed by atoms with Crippen molar-refractivity contribution in [2.75, 3.05) is 12.8 Å². The maximum Gasteiger partial charge on any atom is 0.350 e. The van der Waals surface area contributed by atoms with Crippen LogP contribution in [-0.2, 0) is 16.1 Å². The predicted molar refractivity (Wildman–Crippen MR) is 44.9 cm³/mol. The van der Waals surface area contributed by atoms with E-state index in [1.165, 1.54) is 19.4 Å². The lowest BCUT2D eigenvalue weighted by atomic mass is 10.5. The zero-order chi connectivity index (χ0) is 9.84. The van der Waals surface area contributed by atoms with Gasteiger partial charge in [0.1, 0.15) is 12.4 Å². The standard InChI is InChI=1S/C7H9N3O3/c1-13-6(11)4-10-3-2-5(8)9-7(10)12/h2-3H,4H2,1H3,(H2,8,9,12). The summed E-state index contributed by atoms with van der Waals surface area (Å²) in [7, 11) is 1.25. The third kappa shape index (κ3) is 2.29. The lowest BCUT2D eigenvalue weighted by Gasteiger charge is -2.02.